The van der Waals surface area contributed by atoms with E-state index in [1.54, 1.807) is 4.90 Å². The first-order valence-electron chi connectivity index (χ1n) is 11.5. The van der Waals surface area contributed by atoms with Gasteiger partial charge in [-0.1, -0.05) is 35.9 Å². The number of fused-ring (bicyclic) bond motifs is 1. The number of hydrogen-bond acceptors (Lipinski definition) is 5. The summed E-state index contributed by atoms with van der Waals surface area (Å²) >= 11 is 5.90. The molecule has 7 nitrogen and oxygen atoms in total. The number of esters is 1. The average Bonchev–Trinajstić information content (AvgIpc) is 2.88. The van der Waals surface area contributed by atoms with Gasteiger partial charge in [0, 0.05) is 12.2 Å². The van der Waals surface area contributed by atoms with Crippen LogP contribution in [-0.4, -0.2) is 32.9 Å². The molecule has 3 aromatic rings. The minimum absolute atomic E-state index is 0.165. The third kappa shape index (κ3) is 5.94. The van der Waals surface area contributed by atoms with Crippen molar-refractivity contribution in [3.63, 3.8) is 0 Å². The minimum Gasteiger partial charge on any atom is -0.449 e. The Bertz CT molecular complexity index is 1490. The predicted molar refractivity (Wildman–Crippen MR) is 136 cm³/mol. The molecule has 38 heavy (non-hydrogen) atoms. The van der Waals surface area contributed by atoms with Crippen molar-refractivity contribution in [3.05, 3.63) is 88.4 Å². The highest BCUT2D eigenvalue weighted by molar-refractivity contribution is 7.92. The number of benzene rings is 3. The van der Waals surface area contributed by atoms with Gasteiger partial charge in [-0.05, 0) is 67.8 Å². The van der Waals surface area contributed by atoms with E-state index in [0.29, 0.717) is 12.6 Å². The minimum atomic E-state index is -4.71. The van der Waals surface area contributed by atoms with E-state index < -0.39 is 50.3 Å². The zero-order valence-electron chi connectivity index (χ0n) is 20.0. The summed E-state index contributed by atoms with van der Waals surface area (Å²) < 4.78 is 72.3. The largest absolute Gasteiger partial charge is 0.449 e. The number of carbonyl (C=O) groups excluding carboxylic acids is 2. The van der Waals surface area contributed by atoms with E-state index in [1.165, 1.54) is 19.1 Å². The fourth-order valence-electron chi connectivity index (χ4n) is 4.03. The van der Waals surface area contributed by atoms with Crippen LogP contribution in [0.3, 0.4) is 0 Å². The Hall–Kier alpha value is -3.57. The summed E-state index contributed by atoms with van der Waals surface area (Å²) in [5, 5.41) is -0.247. The van der Waals surface area contributed by atoms with Crippen LogP contribution in [0.15, 0.2) is 71.6 Å². The van der Waals surface area contributed by atoms with Crippen LogP contribution in [0.4, 0.5) is 24.5 Å². The Balaban J connectivity index is 1.50. The number of halogens is 4. The zero-order chi connectivity index (χ0) is 27.7. The molecule has 1 amide bonds. The van der Waals surface area contributed by atoms with Crippen LogP contribution >= 0.6 is 11.6 Å². The molecule has 1 atom stereocenters. The van der Waals surface area contributed by atoms with Crippen molar-refractivity contribution in [3.8, 4) is 0 Å². The molecule has 4 rings (SSSR count). The van der Waals surface area contributed by atoms with Crippen LogP contribution in [-0.2, 0) is 32.2 Å². The fourth-order valence-corrected chi connectivity index (χ4v) is 5.37. The van der Waals surface area contributed by atoms with Crippen LogP contribution in [0.1, 0.15) is 34.8 Å². The number of nitrogens with one attached hydrogen (secondary N) is 1. The molecule has 0 bridgehead atoms. The molecule has 0 saturated carbocycles. The smallest absolute Gasteiger partial charge is 0.416 e. The molecule has 0 aliphatic carbocycles. The second-order valence-electron chi connectivity index (χ2n) is 8.60. The Morgan fingerprint density at radius 1 is 1.05 bits per heavy atom. The van der Waals surface area contributed by atoms with E-state index in [-0.39, 0.29) is 10.6 Å². The lowest BCUT2D eigenvalue weighted by atomic mass is 10.0. The van der Waals surface area contributed by atoms with E-state index in [2.05, 4.69) is 0 Å². The maximum atomic E-state index is 13.1. The van der Waals surface area contributed by atoms with Gasteiger partial charge in [-0.2, -0.15) is 13.2 Å². The van der Waals surface area contributed by atoms with Crippen molar-refractivity contribution in [2.45, 2.75) is 36.9 Å². The Morgan fingerprint density at radius 3 is 2.53 bits per heavy atom. The molecule has 0 spiro atoms. The lowest BCUT2D eigenvalue weighted by molar-refractivity contribution is -0.137. The summed E-state index contributed by atoms with van der Waals surface area (Å²) in [5.41, 5.74) is 0.0279. The number of nitrogens with zero attached hydrogens (tertiary/aromatic N) is 1. The highest BCUT2D eigenvalue weighted by Crippen LogP contribution is 2.35. The molecule has 0 radical (unpaired) electrons. The molecule has 0 saturated heterocycles. The summed E-state index contributed by atoms with van der Waals surface area (Å²) in [6.07, 6.45) is -4.28. The van der Waals surface area contributed by atoms with E-state index in [9.17, 15) is 31.2 Å². The zero-order valence-corrected chi connectivity index (χ0v) is 21.5. The number of aryl methyl sites for hydroxylation is 1. The number of anilines is 2. The third-order valence-electron chi connectivity index (χ3n) is 5.93. The molecule has 1 heterocycles. The van der Waals surface area contributed by atoms with Gasteiger partial charge in [0.15, 0.2) is 6.10 Å². The van der Waals surface area contributed by atoms with Gasteiger partial charge in [-0.3, -0.25) is 9.52 Å². The van der Waals surface area contributed by atoms with Crippen LogP contribution in [0.5, 0.6) is 0 Å². The highest BCUT2D eigenvalue weighted by Gasteiger charge is 2.32. The molecular weight excluding hydrogens is 545 g/mol. The normalized spacial score (nSPS) is 14.4. The van der Waals surface area contributed by atoms with Gasteiger partial charge >= 0.3 is 12.1 Å². The predicted octanol–water partition coefficient (Wildman–Crippen LogP) is 5.68. The maximum Gasteiger partial charge on any atom is 0.416 e. The average molecular weight is 567 g/mol. The van der Waals surface area contributed by atoms with Crippen LogP contribution in [0.2, 0.25) is 5.02 Å². The Labute approximate surface area is 222 Å². The van der Waals surface area contributed by atoms with Gasteiger partial charge in [-0.25, -0.2) is 13.2 Å². The number of amides is 1. The number of rotatable bonds is 6. The van der Waals surface area contributed by atoms with Crippen LogP contribution < -0.4 is 9.62 Å². The van der Waals surface area contributed by atoms with Gasteiger partial charge in [0.05, 0.1) is 26.7 Å². The number of alkyl halides is 3. The molecule has 3 aromatic carbocycles. The molecule has 1 aliphatic rings. The van der Waals surface area contributed by atoms with E-state index in [1.807, 2.05) is 29.0 Å². The number of ether oxygens (including phenoxy) is 1. The van der Waals surface area contributed by atoms with Crippen molar-refractivity contribution in [2.75, 3.05) is 16.2 Å². The van der Waals surface area contributed by atoms with Crippen molar-refractivity contribution < 1.29 is 35.9 Å². The molecular formula is C26H22ClF3N2O5S. The van der Waals surface area contributed by atoms with Gasteiger partial charge in [0.1, 0.15) is 0 Å². The second kappa shape index (κ2) is 10.7. The van der Waals surface area contributed by atoms with Gasteiger partial charge < -0.3 is 9.64 Å². The number of hydrogen-bond donors (Lipinski definition) is 1. The lowest BCUT2D eigenvalue weighted by Crippen LogP contribution is -2.42. The second-order valence-corrected chi connectivity index (χ2v) is 10.7. The quantitative estimate of drug-likeness (QED) is 0.387. The topological polar surface area (TPSA) is 92.8 Å². The summed E-state index contributed by atoms with van der Waals surface area (Å²) in [7, 11) is -4.43. The molecule has 0 unspecified atom stereocenters. The summed E-state index contributed by atoms with van der Waals surface area (Å²) in [5.74, 6) is -1.36. The summed E-state index contributed by atoms with van der Waals surface area (Å²) in [6, 6.07) is 14.4. The number of sulfonamides is 1. The van der Waals surface area contributed by atoms with Gasteiger partial charge in [0.2, 0.25) is 0 Å². The van der Waals surface area contributed by atoms with E-state index in [4.69, 9.17) is 16.3 Å². The fraction of sp³-hybridized carbons (Fsp3) is 0.231. The summed E-state index contributed by atoms with van der Waals surface area (Å²) in [4.78, 5) is 27.0. The summed E-state index contributed by atoms with van der Waals surface area (Å²) in [6.45, 7) is 1.89. The highest BCUT2D eigenvalue weighted by atomic mass is 35.5. The monoisotopic (exact) mass is 566 g/mol. The SMILES string of the molecule is C[C@H](OC(=O)c1cccc(S(=O)(=O)Nc2cc(C(F)(F)F)ccc2Cl)c1)C(=O)N1CCCc2ccccc21. The first-order valence-corrected chi connectivity index (χ1v) is 13.3. The molecule has 1 N–H and O–H groups in total. The van der Waals surface area contributed by atoms with Crippen LogP contribution in [0.25, 0.3) is 0 Å². The molecule has 0 aromatic heterocycles. The van der Waals surface area contributed by atoms with E-state index in [0.717, 1.165) is 48.4 Å². The molecule has 1 aliphatic heterocycles. The van der Waals surface area contributed by atoms with Crippen molar-refractivity contribution in [1.82, 2.24) is 0 Å². The standard InChI is InChI=1S/C26H22ClF3N2O5S/c1-16(24(33)32-13-5-8-17-6-2-3-10-23(17)32)37-25(34)18-7-4-9-20(14-18)38(35,36)31-22-15-19(26(28,29)30)11-12-21(22)27/h2-4,6-7,9-12,14-16,31H,5,8,13H2,1H3/t16-/m0/s1. The van der Waals surface area contributed by atoms with Crippen molar-refractivity contribution in [2.24, 2.45) is 0 Å². The Kier molecular flexibility index (Phi) is 7.70. The first-order chi connectivity index (χ1) is 17.9. The Morgan fingerprint density at radius 2 is 1.79 bits per heavy atom. The lowest BCUT2D eigenvalue weighted by Gasteiger charge is -2.31. The number of para-hydroxylation sites is 1. The maximum absolute atomic E-state index is 13.1. The van der Waals surface area contributed by atoms with Gasteiger partial charge in [-0.15, -0.1) is 0 Å². The van der Waals surface area contributed by atoms with Gasteiger partial charge in [0.25, 0.3) is 15.9 Å². The third-order valence-corrected chi connectivity index (χ3v) is 7.62. The van der Waals surface area contributed by atoms with Crippen LogP contribution in [0, 0.1) is 0 Å². The molecule has 0 fully saturated rings. The number of carbonyl (C=O) groups is 2. The van der Waals surface area contributed by atoms with Crippen molar-refractivity contribution in [1.29, 1.82) is 0 Å². The molecule has 200 valence electrons. The van der Waals surface area contributed by atoms with Crippen molar-refractivity contribution >= 4 is 44.9 Å². The van der Waals surface area contributed by atoms with E-state index >= 15 is 0 Å². The first kappa shape index (κ1) is 27.5. The molecule has 12 heteroatoms.